The summed E-state index contributed by atoms with van der Waals surface area (Å²) in [4.78, 5) is 42.3. The summed E-state index contributed by atoms with van der Waals surface area (Å²) in [6, 6.07) is 6.19. The van der Waals surface area contributed by atoms with Gasteiger partial charge in [0.05, 0.1) is 0 Å². The Morgan fingerprint density at radius 1 is 1.11 bits per heavy atom. The van der Waals surface area contributed by atoms with Crippen LogP contribution < -0.4 is 10.6 Å². The van der Waals surface area contributed by atoms with Gasteiger partial charge in [0.15, 0.2) is 0 Å². The van der Waals surface area contributed by atoms with Crippen molar-refractivity contribution < 1.29 is 19.1 Å². The number of unbranched alkanes of at least 4 members (excludes halogenated alkanes) is 2. The number of alkyl carbamates (subject to hydrolysis) is 1. The first-order chi connectivity index (χ1) is 16.9. The van der Waals surface area contributed by atoms with Crippen LogP contribution in [0.1, 0.15) is 104 Å². The molecule has 0 bridgehead atoms. The molecule has 0 radical (unpaired) electrons. The lowest BCUT2D eigenvalue weighted by Crippen LogP contribution is -2.57. The SMILES string of the molecule is CCCCCNC(=O)C(c1ccccc1C)N(C(=O)C(CC(C)C)NC(=O)OC(C)(C)C)C1CCC1. The van der Waals surface area contributed by atoms with E-state index < -0.39 is 23.8 Å². The van der Waals surface area contributed by atoms with E-state index in [0.29, 0.717) is 13.0 Å². The van der Waals surface area contributed by atoms with Crippen LogP contribution in [0.4, 0.5) is 4.79 Å². The third-order valence-electron chi connectivity index (χ3n) is 6.51. The standard InChI is InChI=1S/C29H47N3O4/c1-8-9-12-18-30-26(33)25(23-17-11-10-14-21(23)4)32(22-15-13-16-22)27(34)24(19-20(2)3)31-28(35)36-29(5,6)7/h10-11,14,17,20,22,24-25H,8-9,12-13,15-16,18-19H2,1-7H3,(H,30,33)(H,31,35). The molecule has 0 saturated heterocycles. The summed E-state index contributed by atoms with van der Waals surface area (Å²) >= 11 is 0. The maximum Gasteiger partial charge on any atom is 0.408 e. The van der Waals surface area contributed by atoms with E-state index in [0.717, 1.165) is 49.7 Å². The van der Waals surface area contributed by atoms with Crippen LogP contribution in [0.15, 0.2) is 24.3 Å². The third-order valence-corrected chi connectivity index (χ3v) is 6.51. The zero-order valence-electron chi connectivity index (χ0n) is 23.4. The van der Waals surface area contributed by atoms with Crippen LogP contribution in [0.5, 0.6) is 0 Å². The molecule has 0 heterocycles. The van der Waals surface area contributed by atoms with Crippen molar-refractivity contribution >= 4 is 17.9 Å². The van der Waals surface area contributed by atoms with Crippen LogP contribution in [0.25, 0.3) is 0 Å². The molecule has 1 fully saturated rings. The van der Waals surface area contributed by atoms with Gasteiger partial charge in [0, 0.05) is 12.6 Å². The highest BCUT2D eigenvalue weighted by atomic mass is 16.6. The average molecular weight is 502 g/mol. The van der Waals surface area contributed by atoms with Crippen molar-refractivity contribution in [2.24, 2.45) is 5.92 Å². The van der Waals surface area contributed by atoms with Gasteiger partial charge in [-0.2, -0.15) is 0 Å². The Morgan fingerprint density at radius 2 is 1.78 bits per heavy atom. The number of amides is 3. The first-order valence-electron chi connectivity index (χ1n) is 13.6. The molecular formula is C29H47N3O4. The van der Waals surface area contributed by atoms with E-state index in [-0.39, 0.29) is 23.8 Å². The first kappa shape index (κ1) is 29.7. The number of nitrogens with one attached hydrogen (secondary N) is 2. The largest absolute Gasteiger partial charge is 0.444 e. The highest BCUT2D eigenvalue weighted by molar-refractivity contribution is 5.92. The minimum atomic E-state index is -0.778. The molecule has 7 nitrogen and oxygen atoms in total. The molecule has 0 aliphatic heterocycles. The van der Waals surface area contributed by atoms with Crippen molar-refractivity contribution in [3.63, 3.8) is 0 Å². The van der Waals surface area contributed by atoms with Crippen LogP contribution in [0, 0.1) is 12.8 Å². The Morgan fingerprint density at radius 3 is 2.31 bits per heavy atom. The monoisotopic (exact) mass is 501 g/mol. The van der Waals surface area contributed by atoms with Gasteiger partial charge < -0.3 is 20.3 Å². The minimum absolute atomic E-state index is 0.0430. The van der Waals surface area contributed by atoms with Crippen LogP contribution in [0.3, 0.4) is 0 Å². The van der Waals surface area contributed by atoms with Gasteiger partial charge in [0.2, 0.25) is 11.8 Å². The van der Waals surface area contributed by atoms with Crippen molar-refractivity contribution in [1.82, 2.24) is 15.5 Å². The predicted octanol–water partition coefficient (Wildman–Crippen LogP) is 5.66. The summed E-state index contributed by atoms with van der Waals surface area (Å²) in [6.07, 6.45) is 5.55. The van der Waals surface area contributed by atoms with Gasteiger partial charge in [-0.3, -0.25) is 9.59 Å². The molecule has 2 N–H and O–H groups in total. The second kappa shape index (κ2) is 13.7. The van der Waals surface area contributed by atoms with Crippen LogP contribution >= 0.6 is 0 Å². The average Bonchev–Trinajstić information content (AvgIpc) is 2.73. The molecule has 3 amide bonds. The Kier molecular flexibility index (Phi) is 11.3. The van der Waals surface area contributed by atoms with Gasteiger partial charge in [0.1, 0.15) is 17.7 Å². The van der Waals surface area contributed by atoms with Gasteiger partial charge in [0.25, 0.3) is 0 Å². The highest BCUT2D eigenvalue weighted by Crippen LogP contribution is 2.35. The van der Waals surface area contributed by atoms with Crippen LogP contribution in [-0.4, -0.2) is 47.0 Å². The van der Waals surface area contributed by atoms with Gasteiger partial charge in [-0.05, 0) is 76.8 Å². The molecule has 7 heteroatoms. The van der Waals surface area contributed by atoms with Crippen molar-refractivity contribution in [2.75, 3.05) is 6.54 Å². The number of rotatable bonds is 12. The lowest BCUT2D eigenvalue weighted by molar-refractivity contribution is -0.147. The molecule has 36 heavy (non-hydrogen) atoms. The van der Waals surface area contributed by atoms with E-state index in [9.17, 15) is 14.4 Å². The molecular weight excluding hydrogens is 454 g/mol. The second-order valence-electron chi connectivity index (χ2n) is 11.4. The lowest BCUT2D eigenvalue weighted by Gasteiger charge is -2.44. The number of aryl methyl sites for hydroxylation is 1. The quantitative estimate of drug-likeness (QED) is 0.362. The number of carbonyl (C=O) groups excluding carboxylic acids is 3. The fourth-order valence-electron chi connectivity index (χ4n) is 4.50. The topological polar surface area (TPSA) is 87.7 Å². The highest BCUT2D eigenvalue weighted by Gasteiger charge is 2.42. The van der Waals surface area contributed by atoms with Crippen molar-refractivity contribution in [1.29, 1.82) is 0 Å². The predicted molar refractivity (Wildman–Crippen MR) is 144 cm³/mol. The van der Waals surface area contributed by atoms with E-state index in [2.05, 4.69) is 17.6 Å². The number of hydrogen-bond acceptors (Lipinski definition) is 4. The zero-order chi connectivity index (χ0) is 26.9. The van der Waals surface area contributed by atoms with E-state index in [1.165, 1.54) is 0 Å². The molecule has 2 unspecified atom stereocenters. The molecule has 0 spiro atoms. The smallest absolute Gasteiger partial charge is 0.408 e. The number of benzene rings is 1. The Hall–Kier alpha value is -2.57. The molecule has 1 aromatic carbocycles. The normalized spacial score (nSPS) is 15.6. The number of nitrogens with zero attached hydrogens (tertiary/aromatic N) is 1. The number of ether oxygens (including phenoxy) is 1. The zero-order valence-corrected chi connectivity index (χ0v) is 23.4. The van der Waals surface area contributed by atoms with Crippen LogP contribution in [0.2, 0.25) is 0 Å². The van der Waals surface area contributed by atoms with E-state index in [4.69, 9.17) is 4.74 Å². The molecule has 0 aromatic heterocycles. The number of hydrogen-bond donors (Lipinski definition) is 2. The van der Waals surface area contributed by atoms with Crippen molar-refractivity contribution in [3.05, 3.63) is 35.4 Å². The van der Waals surface area contributed by atoms with Crippen molar-refractivity contribution in [2.45, 2.75) is 117 Å². The maximum atomic E-state index is 14.2. The lowest BCUT2D eigenvalue weighted by atomic mass is 9.86. The van der Waals surface area contributed by atoms with Crippen LogP contribution in [-0.2, 0) is 14.3 Å². The summed E-state index contributed by atoms with van der Waals surface area (Å²) in [6.45, 7) is 14.1. The fraction of sp³-hybridized carbons (Fsp3) is 0.690. The second-order valence-corrected chi connectivity index (χ2v) is 11.4. The first-order valence-corrected chi connectivity index (χ1v) is 13.6. The summed E-state index contributed by atoms with van der Waals surface area (Å²) < 4.78 is 5.47. The van der Waals surface area contributed by atoms with Gasteiger partial charge in [-0.1, -0.05) is 57.9 Å². The number of carbonyl (C=O) groups is 3. The summed E-state index contributed by atoms with van der Waals surface area (Å²) in [5, 5.41) is 5.91. The minimum Gasteiger partial charge on any atom is -0.444 e. The molecule has 1 aromatic rings. The van der Waals surface area contributed by atoms with Gasteiger partial charge in [-0.25, -0.2) is 4.79 Å². The third kappa shape index (κ3) is 8.82. The van der Waals surface area contributed by atoms with E-state index >= 15 is 0 Å². The van der Waals surface area contributed by atoms with Gasteiger partial charge in [-0.15, -0.1) is 0 Å². The Balaban J connectivity index is 2.43. The summed E-state index contributed by atoms with van der Waals surface area (Å²) in [5.41, 5.74) is 1.11. The Labute approximate surface area is 217 Å². The molecule has 202 valence electrons. The summed E-state index contributed by atoms with van der Waals surface area (Å²) in [7, 11) is 0. The van der Waals surface area contributed by atoms with E-state index in [1.807, 2.05) is 45.0 Å². The summed E-state index contributed by atoms with van der Waals surface area (Å²) in [5.74, 6) is -0.227. The molecule has 2 rings (SSSR count). The molecule has 2 atom stereocenters. The fourth-order valence-corrected chi connectivity index (χ4v) is 4.50. The maximum absolute atomic E-state index is 14.2. The molecule has 1 saturated carbocycles. The Bertz CT molecular complexity index is 874. The van der Waals surface area contributed by atoms with Crippen molar-refractivity contribution in [3.8, 4) is 0 Å². The van der Waals surface area contributed by atoms with E-state index in [1.54, 1.807) is 25.7 Å². The molecule has 1 aliphatic rings. The molecule has 1 aliphatic carbocycles. The van der Waals surface area contributed by atoms with Gasteiger partial charge >= 0.3 is 6.09 Å².